The Hall–Kier alpha value is -4.10. The van der Waals surface area contributed by atoms with Gasteiger partial charge in [-0.3, -0.25) is 14.9 Å². The molecule has 1 N–H and O–H groups in total. The van der Waals surface area contributed by atoms with Crippen LogP contribution in [-0.4, -0.2) is 35.8 Å². The number of nitrogens with one attached hydrogen (secondary N) is 1. The van der Waals surface area contributed by atoms with Crippen molar-refractivity contribution in [2.75, 3.05) is 25.3 Å². The van der Waals surface area contributed by atoms with Crippen LogP contribution in [0.1, 0.15) is 5.56 Å². The van der Waals surface area contributed by atoms with Gasteiger partial charge in [-0.15, -0.1) is 0 Å². The first-order valence-corrected chi connectivity index (χ1v) is 10.2. The molecule has 3 aromatic rings. The van der Waals surface area contributed by atoms with Crippen molar-refractivity contribution in [2.24, 2.45) is 0 Å². The fourth-order valence-electron chi connectivity index (χ4n) is 2.77. The number of carbonyl (C=O) groups is 1. The maximum atomic E-state index is 12.4. The fraction of sp³-hybridized carbons (Fsp3) is 0.136. The van der Waals surface area contributed by atoms with Crippen molar-refractivity contribution in [3.8, 4) is 28.8 Å². The Morgan fingerprint density at radius 1 is 1.12 bits per heavy atom. The Labute approximate surface area is 188 Å². The van der Waals surface area contributed by atoms with Gasteiger partial charge in [-0.2, -0.15) is 5.26 Å². The second-order valence-electron chi connectivity index (χ2n) is 6.37. The van der Waals surface area contributed by atoms with Crippen LogP contribution in [-0.2, 0) is 4.79 Å². The summed E-state index contributed by atoms with van der Waals surface area (Å²) in [5.41, 5.74) is 1.58. The molecule has 0 atom stereocenters. The molecular weight excluding hydrogens is 432 g/mol. The van der Waals surface area contributed by atoms with E-state index in [0.29, 0.717) is 27.8 Å². The first-order valence-electron chi connectivity index (χ1n) is 9.25. The Kier molecular flexibility index (Phi) is 7.25. The molecule has 0 radical (unpaired) electrons. The summed E-state index contributed by atoms with van der Waals surface area (Å²) < 4.78 is 10.1. The lowest BCUT2D eigenvalue weighted by Crippen LogP contribution is -2.15. The smallest absolute Gasteiger partial charge is 0.296 e. The molecule has 0 spiro atoms. The van der Waals surface area contributed by atoms with Gasteiger partial charge in [-0.25, -0.2) is 4.98 Å². The zero-order chi connectivity index (χ0) is 23.1. The largest absolute Gasteiger partial charge is 0.497 e. The van der Waals surface area contributed by atoms with E-state index in [1.807, 2.05) is 12.1 Å². The van der Waals surface area contributed by atoms with Crippen LogP contribution in [0.15, 0.2) is 59.6 Å². The number of anilines is 1. The molecule has 10 heteroatoms. The molecule has 2 aromatic carbocycles. The Bertz CT molecular complexity index is 1190. The van der Waals surface area contributed by atoms with E-state index < -0.39 is 10.8 Å². The predicted octanol–water partition coefficient (Wildman–Crippen LogP) is 4.28. The summed E-state index contributed by atoms with van der Waals surface area (Å²) in [4.78, 5) is 27.6. The van der Waals surface area contributed by atoms with Gasteiger partial charge in [0.25, 0.3) is 5.69 Å². The fourth-order valence-corrected chi connectivity index (χ4v) is 3.55. The number of aromatic nitrogens is 1. The van der Waals surface area contributed by atoms with Crippen LogP contribution < -0.4 is 14.8 Å². The van der Waals surface area contributed by atoms with Gasteiger partial charge in [-0.05, 0) is 48.5 Å². The van der Waals surface area contributed by atoms with Crippen molar-refractivity contribution < 1.29 is 19.2 Å². The molecule has 3 rings (SSSR count). The van der Waals surface area contributed by atoms with E-state index in [1.54, 1.807) is 31.4 Å². The first-order chi connectivity index (χ1) is 15.4. The number of hydrogen-bond donors (Lipinski definition) is 1. The van der Waals surface area contributed by atoms with Crippen molar-refractivity contribution in [2.45, 2.75) is 5.03 Å². The molecular formula is C22H18N4O5S. The summed E-state index contributed by atoms with van der Waals surface area (Å²) in [6, 6.07) is 16.9. The van der Waals surface area contributed by atoms with Crippen LogP contribution in [0.3, 0.4) is 0 Å². The standard InChI is InChI=1S/C22H18N4O5S/c1-30-16-6-3-14(4-7-16)18-9-5-15(12-23)22(25-18)32-13-21(27)24-19-10-8-17(31-2)11-20(19)26(28)29/h3-11H,13H2,1-2H3,(H,24,27). The average molecular weight is 450 g/mol. The van der Waals surface area contributed by atoms with Gasteiger partial charge in [0.2, 0.25) is 5.91 Å². The zero-order valence-electron chi connectivity index (χ0n) is 17.2. The summed E-state index contributed by atoms with van der Waals surface area (Å²) in [7, 11) is 2.98. The minimum atomic E-state index is -0.598. The van der Waals surface area contributed by atoms with Gasteiger partial charge in [-0.1, -0.05) is 11.8 Å². The number of carbonyl (C=O) groups excluding carboxylic acids is 1. The van der Waals surface area contributed by atoms with Crippen LogP contribution in [0.25, 0.3) is 11.3 Å². The molecule has 0 saturated heterocycles. The molecule has 1 heterocycles. The summed E-state index contributed by atoms with van der Waals surface area (Å²) in [6.45, 7) is 0. The monoisotopic (exact) mass is 450 g/mol. The third-order valence-corrected chi connectivity index (χ3v) is 5.37. The van der Waals surface area contributed by atoms with Crippen LogP contribution >= 0.6 is 11.8 Å². The normalized spacial score (nSPS) is 10.2. The molecule has 32 heavy (non-hydrogen) atoms. The van der Waals surface area contributed by atoms with E-state index in [-0.39, 0.29) is 17.1 Å². The number of hydrogen-bond acceptors (Lipinski definition) is 8. The Balaban J connectivity index is 1.75. The van der Waals surface area contributed by atoms with Crippen LogP contribution in [0.2, 0.25) is 0 Å². The number of pyridine rings is 1. The van der Waals surface area contributed by atoms with Gasteiger partial charge < -0.3 is 14.8 Å². The number of amides is 1. The first kappa shape index (κ1) is 22.6. The Morgan fingerprint density at radius 2 is 1.81 bits per heavy atom. The number of nitriles is 1. The SMILES string of the molecule is COc1ccc(-c2ccc(C#N)c(SCC(=O)Nc3ccc(OC)cc3[N+](=O)[O-])n2)cc1. The van der Waals surface area contributed by atoms with E-state index in [9.17, 15) is 20.2 Å². The zero-order valence-corrected chi connectivity index (χ0v) is 18.0. The Morgan fingerprint density at radius 3 is 2.44 bits per heavy atom. The number of thioether (sulfide) groups is 1. The van der Waals surface area contributed by atoms with E-state index in [0.717, 1.165) is 17.3 Å². The molecule has 0 aliphatic rings. The molecule has 0 fully saturated rings. The average Bonchev–Trinajstić information content (AvgIpc) is 2.82. The molecule has 0 saturated carbocycles. The van der Waals surface area contributed by atoms with Gasteiger partial charge in [0.1, 0.15) is 28.3 Å². The summed E-state index contributed by atoms with van der Waals surface area (Å²) in [6.07, 6.45) is 0. The lowest BCUT2D eigenvalue weighted by Gasteiger charge is -2.09. The maximum absolute atomic E-state index is 12.4. The van der Waals surface area contributed by atoms with Gasteiger partial charge in [0.05, 0.1) is 42.2 Å². The highest BCUT2D eigenvalue weighted by Crippen LogP contribution is 2.30. The minimum Gasteiger partial charge on any atom is -0.497 e. The number of nitro groups is 1. The molecule has 162 valence electrons. The summed E-state index contributed by atoms with van der Waals surface area (Å²) >= 11 is 1.07. The highest BCUT2D eigenvalue weighted by Gasteiger charge is 2.18. The van der Waals surface area contributed by atoms with Crippen LogP contribution in [0.4, 0.5) is 11.4 Å². The highest BCUT2D eigenvalue weighted by atomic mass is 32.2. The lowest BCUT2D eigenvalue weighted by molar-refractivity contribution is -0.384. The van der Waals surface area contributed by atoms with Crippen molar-refractivity contribution in [3.05, 3.63) is 70.3 Å². The minimum absolute atomic E-state index is 0.0573. The number of nitro benzene ring substituents is 1. The summed E-state index contributed by atoms with van der Waals surface area (Å²) in [5.74, 6) is 0.462. The van der Waals surface area contributed by atoms with Crippen molar-refractivity contribution >= 4 is 29.0 Å². The lowest BCUT2D eigenvalue weighted by atomic mass is 10.1. The van der Waals surface area contributed by atoms with E-state index in [1.165, 1.54) is 25.3 Å². The van der Waals surface area contributed by atoms with Gasteiger partial charge >= 0.3 is 0 Å². The number of rotatable bonds is 8. The predicted molar refractivity (Wildman–Crippen MR) is 120 cm³/mol. The molecule has 1 amide bonds. The van der Waals surface area contributed by atoms with Crippen molar-refractivity contribution in [3.63, 3.8) is 0 Å². The third-order valence-electron chi connectivity index (χ3n) is 4.38. The number of benzene rings is 2. The van der Waals surface area contributed by atoms with E-state index in [4.69, 9.17) is 9.47 Å². The van der Waals surface area contributed by atoms with Crippen molar-refractivity contribution in [1.29, 1.82) is 5.26 Å². The quantitative estimate of drug-likeness (QED) is 0.306. The molecule has 0 unspecified atom stereocenters. The second-order valence-corrected chi connectivity index (χ2v) is 7.33. The topological polar surface area (TPSA) is 127 Å². The van der Waals surface area contributed by atoms with E-state index in [2.05, 4.69) is 16.4 Å². The third kappa shape index (κ3) is 5.33. The molecule has 1 aromatic heterocycles. The van der Waals surface area contributed by atoms with Gasteiger partial charge in [0.15, 0.2) is 0 Å². The number of ether oxygens (including phenoxy) is 2. The maximum Gasteiger partial charge on any atom is 0.296 e. The van der Waals surface area contributed by atoms with Crippen molar-refractivity contribution in [1.82, 2.24) is 4.98 Å². The van der Waals surface area contributed by atoms with Crippen LogP contribution in [0, 0.1) is 21.4 Å². The van der Waals surface area contributed by atoms with E-state index >= 15 is 0 Å². The second kappa shape index (κ2) is 10.3. The molecule has 9 nitrogen and oxygen atoms in total. The molecule has 0 aliphatic carbocycles. The number of nitrogens with zero attached hydrogens (tertiary/aromatic N) is 3. The molecule has 0 aliphatic heterocycles. The molecule has 0 bridgehead atoms. The summed E-state index contributed by atoms with van der Waals surface area (Å²) in [5, 5.41) is 23.6. The highest BCUT2D eigenvalue weighted by molar-refractivity contribution is 8.00. The van der Waals surface area contributed by atoms with Gasteiger partial charge in [0, 0.05) is 5.56 Å². The van der Waals surface area contributed by atoms with Crippen LogP contribution in [0.5, 0.6) is 11.5 Å². The number of methoxy groups -OCH3 is 2.